The number of nitrogens with one attached hydrogen (secondary N) is 1. The van der Waals surface area contributed by atoms with Crippen LogP contribution in [0, 0.1) is 5.41 Å². The number of para-hydroxylation sites is 1. The van der Waals surface area contributed by atoms with Gasteiger partial charge >= 0.3 is 0 Å². The minimum Gasteiger partial charge on any atom is -0.347 e. The van der Waals surface area contributed by atoms with Crippen LogP contribution in [0.25, 0.3) is 0 Å². The molecule has 0 aromatic heterocycles. The van der Waals surface area contributed by atoms with Gasteiger partial charge in [-0.2, -0.15) is 0 Å². The Morgan fingerprint density at radius 1 is 0.917 bits per heavy atom. The molecule has 2 aromatic carbocycles. The average molecular weight is 324 g/mol. The zero-order chi connectivity index (χ0) is 17.6. The highest BCUT2D eigenvalue weighted by atomic mass is 16.2. The zero-order valence-corrected chi connectivity index (χ0v) is 14.5. The lowest BCUT2D eigenvalue weighted by Gasteiger charge is -2.24. The van der Waals surface area contributed by atoms with Crippen LogP contribution in [0.4, 0.5) is 5.69 Å². The molecule has 0 saturated carbocycles. The minimum absolute atomic E-state index is 0.0160. The number of rotatable bonds is 5. The summed E-state index contributed by atoms with van der Waals surface area (Å²) in [5, 5.41) is 2.73. The number of amides is 2. The molecule has 2 amide bonds. The van der Waals surface area contributed by atoms with E-state index in [0.29, 0.717) is 6.54 Å². The summed E-state index contributed by atoms with van der Waals surface area (Å²) in [5.41, 5.74) is 1.34. The fourth-order valence-corrected chi connectivity index (χ4v) is 2.21. The molecule has 0 saturated heterocycles. The van der Waals surface area contributed by atoms with Crippen molar-refractivity contribution in [3.8, 4) is 0 Å². The summed E-state index contributed by atoms with van der Waals surface area (Å²) in [6, 6.07) is 19.3. The Labute approximate surface area is 143 Å². The summed E-state index contributed by atoms with van der Waals surface area (Å²) in [4.78, 5) is 26.4. The summed E-state index contributed by atoms with van der Waals surface area (Å²) in [7, 11) is 0. The van der Waals surface area contributed by atoms with Crippen molar-refractivity contribution >= 4 is 17.5 Å². The SMILES string of the molecule is CC(C)(C)C(=O)NCC(=O)N(Cc1ccccc1)c1ccccc1. The van der Waals surface area contributed by atoms with Crippen LogP contribution in [-0.4, -0.2) is 18.4 Å². The zero-order valence-electron chi connectivity index (χ0n) is 14.5. The number of hydrogen-bond donors (Lipinski definition) is 1. The summed E-state index contributed by atoms with van der Waals surface area (Å²) < 4.78 is 0. The maximum absolute atomic E-state index is 12.7. The molecule has 4 heteroatoms. The van der Waals surface area contributed by atoms with Gasteiger partial charge in [-0.3, -0.25) is 9.59 Å². The third-order valence-electron chi connectivity index (χ3n) is 3.63. The van der Waals surface area contributed by atoms with Crippen LogP contribution in [0.3, 0.4) is 0 Å². The van der Waals surface area contributed by atoms with Crippen molar-refractivity contribution in [2.75, 3.05) is 11.4 Å². The minimum atomic E-state index is -0.517. The van der Waals surface area contributed by atoms with E-state index >= 15 is 0 Å². The molecule has 0 fully saturated rings. The van der Waals surface area contributed by atoms with Crippen molar-refractivity contribution in [3.05, 3.63) is 66.2 Å². The predicted octanol–water partition coefficient (Wildman–Crippen LogP) is 3.38. The van der Waals surface area contributed by atoms with Gasteiger partial charge in [0.1, 0.15) is 0 Å². The second-order valence-electron chi connectivity index (χ2n) is 6.73. The summed E-state index contributed by atoms with van der Waals surface area (Å²) >= 11 is 0. The van der Waals surface area contributed by atoms with E-state index in [1.54, 1.807) is 4.90 Å². The number of hydrogen-bond acceptors (Lipinski definition) is 2. The summed E-state index contributed by atoms with van der Waals surface area (Å²) in [6.07, 6.45) is 0. The van der Waals surface area contributed by atoms with E-state index in [4.69, 9.17) is 0 Å². The van der Waals surface area contributed by atoms with Crippen LogP contribution in [0.15, 0.2) is 60.7 Å². The standard InChI is InChI=1S/C20H24N2O2/c1-20(2,3)19(24)21-14-18(23)22(17-12-8-5-9-13-17)15-16-10-6-4-7-11-16/h4-13H,14-15H2,1-3H3,(H,21,24). The Balaban J connectivity index is 2.13. The maximum Gasteiger partial charge on any atom is 0.246 e. The van der Waals surface area contributed by atoms with Gasteiger partial charge in [0.25, 0.3) is 0 Å². The highest BCUT2D eigenvalue weighted by Gasteiger charge is 2.23. The molecule has 0 bridgehead atoms. The molecule has 0 unspecified atom stereocenters. The first-order valence-corrected chi connectivity index (χ1v) is 8.05. The van der Waals surface area contributed by atoms with E-state index in [1.807, 2.05) is 81.4 Å². The second-order valence-corrected chi connectivity index (χ2v) is 6.73. The van der Waals surface area contributed by atoms with Crippen LogP contribution < -0.4 is 10.2 Å². The lowest BCUT2D eigenvalue weighted by Crippen LogP contribution is -2.43. The van der Waals surface area contributed by atoms with Crippen molar-refractivity contribution in [1.82, 2.24) is 5.32 Å². The number of benzene rings is 2. The predicted molar refractivity (Wildman–Crippen MR) is 96.5 cm³/mol. The molecule has 4 nitrogen and oxygen atoms in total. The largest absolute Gasteiger partial charge is 0.347 e. The molecule has 126 valence electrons. The molecular weight excluding hydrogens is 300 g/mol. The fraction of sp³-hybridized carbons (Fsp3) is 0.300. The van der Waals surface area contributed by atoms with E-state index in [-0.39, 0.29) is 18.4 Å². The van der Waals surface area contributed by atoms with Gasteiger partial charge in [-0.05, 0) is 17.7 Å². The van der Waals surface area contributed by atoms with E-state index in [1.165, 1.54) is 0 Å². The molecule has 0 heterocycles. The highest BCUT2D eigenvalue weighted by Crippen LogP contribution is 2.17. The molecule has 0 aliphatic carbocycles. The van der Waals surface area contributed by atoms with Crippen molar-refractivity contribution in [1.29, 1.82) is 0 Å². The molecule has 2 rings (SSSR count). The molecule has 0 aliphatic heterocycles. The van der Waals surface area contributed by atoms with Crippen LogP contribution >= 0.6 is 0 Å². The number of anilines is 1. The van der Waals surface area contributed by atoms with Crippen molar-refractivity contribution in [3.63, 3.8) is 0 Å². The number of carbonyl (C=O) groups is 2. The summed E-state index contributed by atoms with van der Waals surface area (Å²) in [6.45, 7) is 5.93. The normalized spacial score (nSPS) is 11.0. The van der Waals surface area contributed by atoms with E-state index in [0.717, 1.165) is 11.3 Å². The van der Waals surface area contributed by atoms with Crippen LogP contribution in [-0.2, 0) is 16.1 Å². The first kappa shape index (κ1) is 17.7. The first-order chi connectivity index (χ1) is 11.4. The number of carbonyl (C=O) groups excluding carboxylic acids is 2. The Hall–Kier alpha value is -2.62. The molecular formula is C20H24N2O2. The highest BCUT2D eigenvalue weighted by molar-refractivity contribution is 5.97. The lowest BCUT2D eigenvalue weighted by atomic mass is 9.96. The fourth-order valence-electron chi connectivity index (χ4n) is 2.21. The van der Waals surface area contributed by atoms with Gasteiger partial charge in [-0.1, -0.05) is 69.3 Å². The maximum atomic E-state index is 12.7. The molecule has 1 N–H and O–H groups in total. The topological polar surface area (TPSA) is 49.4 Å². The quantitative estimate of drug-likeness (QED) is 0.916. The summed E-state index contributed by atoms with van der Waals surface area (Å²) in [5.74, 6) is -0.272. The Bertz CT molecular complexity index is 676. The molecule has 2 aromatic rings. The molecule has 0 spiro atoms. The third kappa shape index (κ3) is 4.95. The average Bonchev–Trinajstić information content (AvgIpc) is 2.58. The first-order valence-electron chi connectivity index (χ1n) is 8.05. The van der Waals surface area contributed by atoms with E-state index < -0.39 is 5.41 Å². The van der Waals surface area contributed by atoms with Gasteiger partial charge in [0.15, 0.2) is 0 Å². The molecule has 0 aliphatic rings. The van der Waals surface area contributed by atoms with Crippen molar-refractivity contribution < 1.29 is 9.59 Å². The van der Waals surface area contributed by atoms with Gasteiger partial charge in [0, 0.05) is 11.1 Å². The number of nitrogens with zero attached hydrogens (tertiary/aromatic N) is 1. The Morgan fingerprint density at radius 3 is 2.00 bits per heavy atom. The van der Waals surface area contributed by atoms with E-state index in [9.17, 15) is 9.59 Å². The molecule has 0 atom stereocenters. The van der Waals surface area contributed by atoms with Crippen molar-refractivity contribution in [2.24, 2.45) is 5.41 Å². The van der Waals surface area contributed by atoms with Gasteiger partial charge in [-0.15, -0.1) is 0 Å². The smallest absolute Gasteiger partial charge is 0.246 e. The van der Waals surface area contributed by atoms with Gasteiger partial charge in [-0.25, -0.2) is 0 Å². The van der Waals surface area contributed by atoms with E-state index in [2.05, 4.69) is 5.32 Å². The molecule has 0 radical (unpaired) electrons. The monoisotopic (exact) mass is 324 g/mol. The van der Waals surface area contributed by atoms with Gasteiger partial charge in [0.2, 0.25) is 11.8 Å². The van der Waals surface area contributed by atoms with Crippen LogP contribution in [0.1, 0.15) is 26.3 Å². The van der Waals surface area contributed by atoms with Gasteiger partial charge in [0.05, 0.1) is 13.1 Å². The Morgan fingerprint density at radius 2 is 1.46 bits per heavy atom. The van der Waals surface area contributed by atoms with Crippen LogP contribution in [0.2, 0.25) is 0 Å². The second kappa shape index (κ2) is 7.77. The third-order valence-corrected chi connectivity index (χ3v) is 3.63. The van der Waals surface area contributed by atoms with Crippen LogP contribution in [0.5, 0.6) is 0 Å². The molecule has 24 heavy (non-hydrogen) atoms. The Kier molecular flexibility index (Phi) is 5.74. The van der Waals surface area contributed by atoms with Crippen molar-refractivity contribution in [2.45, 2.75) is 27.3 Å². The van der Waals surface area contributed by atoms with Gasteiger partial charge < -0.3 is 10.2 Å². The lowest BCUT2D eigenvalue weighted by molar-refractivity contribution is -0.130.